The number of Topliss-reactive ketones (excluding diaryl/α,β-unsaturated/α-hetero) is 1. The molecule has 0 aliphatic heterocycles. The molecule has 0 fully saturated rings. The zero-order chi connectivity index (χ0) is 19.6. The van der Waals surface area contributed by atoms with E-state index in [4.69, 9.17) is 14.2 Å². The molecule has 2 aromatic rings. The Labute approximate surface area is 159 Å². The molecule has 0 heterocycles. The van der Waals surface area contributed by atoms with Crippen molar-refractivity contribution in [2.75, 3.05) is 20.3 Å². The lowest BCUT2D eigenvalue weighted by molar-refractivity contribution is -0.136. The Morgan fingerprint density at radius 2 is 1.74 bits per heavy atom. The fourth-order valence-corrected chi connectivity index (χ4v) is 2.42. The fourth-order valence-electron chi connectivity index (χ4n) is 2.42. The molecule has 0 bridgehead atoms. The molecule has 0 saturated heterocycles. The van der Waals surface area contributed by atoms with Gasteiger partial charge in [-0.05, 0) is 42.7 Å². The quantitative estimate of drug-likeness (QED) is 0.379. The lowest BCUT2D eigenvalue weighted by atomic mass is 10.1. The van der Waals surface area contributed by atoms with Crippen LogP contribution in [0.2, 0.25) is 0 Å². The monoisotopic (exact) mass is 368 g/mol. The summed E-state index contributed by atoms with van der Waals surface area (Å²) in [5, 5.41) is 0. The van der Waals surface area contributed by atoms with E-state index >= 15 is 0 Å². The second kappa shape index (κ2) is 10.2. The second-order valence-corrected chi connectivity index (χ2v) is 5.76. The summed E-state index contributed by atoms with van der Waals surface area (Å²) in [7, 11) is 1.55. The highest BCUT2D eigenvalue weighted by atomic mass is 16.5. The van der Waals surface area contributed by atoms with Crippen LogP contribution in [0.25, 0.3) is 6.08 Å². The second-order valence-electron chi connectivity index (χ2n) is 5.76. The summed E-state index contributed by atoms with van der Waals surface area (Å²) in [5.41, 5.74) is 2.44. The van der Waals surface area contributed by atoms with Gasteiger partial charge >= 0.3 is 5.97 Å². The van der Waals surface area contributed by atoms with Crippen molar-refractivity contribution in [3.63, 3.8) is 0 Å². The highest BCUT2D eigenvalue weighted by Crippen LogP contribution is 2.28. The van der Waals surface area contributed by atoms with E-state index in [0.717, 1.165) is 17.5 Å². The topological polar surface area (TPSA) is 61.8 Å². The van der Waals surface area contributed by atoms with Crippen LogP contribution >= 0.6 is 0 Å². The molecular formula is C22H24O5. The van der Waals surface area contributed by atoms with E-state index in [2.05, 4.69) is 0 Å². The lowest BCUT2D eigenvalue weighted by Crippen LogP contribution is -2.12. The molecule has 0 unspecified atom stereocenters. The standard InChI is InChI=1S/C22H24O5/c1-4-16-6-10-18(11-7-16)19(23)15-27-22(24)13-9-17-8-12-20(26-5-2)21(14-17)25-3/h6-14H,4-5,15H2,1-3H3/b13-9+. The number of methoxy groups -OCH3 is 1. The molecule has 0 amide bonds. The number of rotatable bonds is 9. The first-order valence-electron chi connectivity index (χ1n) is 8.85. The van der Waals surface area contributed by atoms with E-state index in [9.17, 15) is 9.59 Å². The molecule has 0 saturated carbocycles. The maximum absolute atomic E-state index is 12.1. The number of carbonyl (C=O) groups excluding carboxylic acids is 2. The number of carbonyl (C=O) groups is 2. The maximum Gasteiger partial charge on any atom is 0.331 e. The van der Waals surface area contributed by atoms with Crippen molar-refractivity contribution in [2.45, 2.75) is 20.3 Å². The van der Waals surface area contributed by atoms with Gasteiger partial charge in [-0.15, -0.1) is 0 Å². The third kappa shape index (κ3) is 5.99. The molecule has 0 spiro atoms. The molecule has 0 N–H and O–H groups in total. The molecule has 2 rings (SSSR count). The first-order valence-corrected chi connectivity index (χ1v) is 8.85. The van der Waals surface area contributed by atoms with Gasteiger partial charge in [0, 0.05) is 11.6 Å². The predicted molar refractivity (Wildman–Crippen MR) is 104 cm³/mol. The van der Waals surface area contributed by atoms with Crippen molar-refractivity contribution in [1.29, 1.82) is 0 Å². The van der Waals surface area contributed by atoms with E-state index in [-0.39, 0.29) is 12.4 Å². The molecular weight excluding hydrogens is 344 g/mol. The van der Waals surface area contributed by atoms with Gasteiger partial charge in [0.25, 0.3) is 0 Å². The molecule has 2 aromatic carbocycles. The summed E-state index contributed by atoms with van der Waals surface area (Å²) >= 11 is 0. The van der Waals surface area contributed by atoms with E-state index in [0.29, 0.717) is 23.7 Å². The molecule has 0 aliphatic carbocycles. The molecule has 5 nitrogen and oxygen atoms in total. The van der Waals surface area contributed by atoms with Crippen LogP contribution in [0.3, 0.4) is 0 Å². The molecule has 0 atom stereocenters. The normalized spacial score (nSPS) is 10.6. The van der Waals surface area contributed by atoms with Crippen LogP contribution in [0.4, 0.5) is 0 Å². The van der Waals surface area contributed by atoms with Crippen LogP contribution in [0.15, 0.2) is 48.5 Å². The Morgan fingerprint density at radius 3 is 2.37 bits per heavy atom. The van der Waals surface area contributed by atoms with Gasteiger partial charge in [-0.3, -0.25) is 4.79 Å². The maximum atomic E-state index is 12.1. The molecule has 0 radical (unpaired) electrons. The fraction of sp³-hybridized carbons (Fsp3) is 0.273. The van der Waals surface area contributed by atoms with Crippen molar-refractivity contribution in [3.8, 4) is 11.5 Å². The minimum atomic E-state index is -0.582. The smallest absolute Gasteiger partial charge is 0.331 e. The Hall–Kier alpha value is -3.08. The summed E-state index contributed by atoms with van der Waals surface area (Å²) in [4.78, 5) is 23.9. The molecule has 27 heavy (non-hydrogen) atoms. The zero-order valence-electron chi connectivity index (χ0n) is 15.9. The van der Waals surface area contributed by atoms with Crippen LogP contribution in [0.1, 0.15) is 35.3 Å². The van der Waals surface area contributed by atoms with Crippen molar-refractivity contribution >= 4 is 17.8 Å². The molecule has 0 aromatic heterocycles. The first kappa shape index (κ1) is 20.2. The summed E-state index contributed by atoms with van der Waals surface area (Å²) in [6.07, 6.45) is 3.79. The van der Waals surface area contributed by atoms with E-state index in [1.807, 2.05) is 26.0 Å². The summed E-state index contributed by atoms with van der Waals surface area (Å²) in [5.74, 6) is 0.404. The summed E-state index contributed by atoms with van der Waals surface area (Å²) in [6.45, 7) is 4.18. The minimum Gasteiger partial charge on any atom is -0.493 e. The number of aryl methyl sites for hydroxylation is 1. The number of ketones is 1. The van der Waals surface area contributed by atoms with Crippen molar-refractivity contribution in [3.05, 3.63) is 65.2 Å². The Bertz CT molecular complexity index is 806. The van der Waals surface area contributed by atoms with Crippen molar-refractivity contribution < 1.29 is 23.8 Å². The molecule has 0 aliphatic rings. The average molecular weight is 368 g/mol. The van der Waals surface area contributed by atoms with E-state index in [1.54, 1.807) is 43.5 Å². The van der Waals surface area contributed by atoms with Gasteiger partial charge in [0.1, 0.15) is 0 Å². The largest absolute Gasteiger partial charge is 0.493 e. The Balaban J connectivity index is 1.91. The van der Waals surface area contributed by atoms with Gasteiger partial charge in [0.2, 0.25) is 0 Å². The highest BCUT2D eigenvalue weighted by Gasteiger charge is 2.09. The number of esters is 1. The van der Waals surface area contributed by atoms with Crippen LogP contribution in [0, 0.1) is 0 Å². The highest BCUT2D eigenvalue weighted by molar-refractivity contribution is 5.98. The number of ether oxygens (including phenoxy) is 3. The van der Waals surface area contributed by atoms with Crippen molar-refractivity contribution in [1.82, 2.24) is 0 Å². The van der Waals surface area contributed by atoms with Gasteiger partial charge in [-0.25, -0.2) is 4.79 Å². The van der Waals surface area contributed by atoms with E-state index < -0.39 is 5.97 Å². The van der Waals surface area contributed by atoms with Gasteiger partial charge < -0.3 is 14.2 Å². The molecule has 5 heteroatoms. The van der Waals surface area contributed by atoms with Gasteiger partial charge in [0.15, 0.2) is 23.9 Å². The van der Waals surface area contributed by atoms with Crippen LogP contribution < -0.4 is 9.47 Å². The van der Waals surface area contributed by atoms with E-state index in [1.165, 1.54) is 6.08 Å². The number of hydrogen-bond donors (Lipinski definition) is 0. The van der Waals surface area contributed by atoms with Gasteiger partial charge in [0.05, 0.1) is 13.7 Å². The zero-order valence-corrected chi connectivity index (χ0v) is 15.9. The third-order valence-electron chi connectivity index (χ3n) is 3.93. The lowest BCUT2D eigenvalue weighted by Gasteiger charge is -2.09. The number of benzene rings is 2. The Kier molecular flexibility index (Phi) is 7.62. The predicted octanol–water partition coefficient (Wildman–Crippen LogP) is 4.10. The number of hydrogen-bond acceptors (Lipinski definition) is 5. The van der Waals surface area contributed by atoms with Gasteiger partial charge in [-0.1, -0.05) is 37.3 Å². The first-order chi connectivity index (χ1) is 13.1. The van der Waals surface area contributed by atoms with Gasteiger partial charge in [-0.2, -0.15) is 0 Å². The SMILES string of the molecule is CCOc1ccc(/C=C/C(=O)OCC(=O)c2ccc(CC)cc2)cc1OC. The third-order valence-corrected chi connectivity index (χ3v) is 3.93. The van der Waals surface area contributed by atoms with Crippen molar-refractivity contribution in [2.24, 2.45) is 0 Å². The minimum absolute atomic E-state index is 0.234. The molecule has 142 valence electrons. The van der Waals surface area contributed by atoms with Crippen LogP contribution in [-0.4, -0.2) is 32.1 Å². The summed E-state index contributed by atoms with van der Waals surface area (Å²) < 4.78 is 15.7. The van der Waals surface area contributed by atoms with Crippen LogP contribution in [-0.2, 0) is 16.0 Å². The average Bonchev–Trinajstić information content (AvgIpc) is 2.71. The Morgan fingerprint density at radius 1 is 1.00 bits per heavy atom. The van der Waals surface area contributed by atoms with Crippen LogP contribution in [0.5, 0.6) is 11.5 Å². The summed E-state index contributed by atoms with van der Waals surface area (Å²) in [6, 6.07) is 12.6.